The van der Waals surface area contributed by atoms with E-state index in [0.29, 0.717) is 0 Å². The standard InChI is InChI=1S/C17H26N4O/c1-13-5-3-4-9-21(13)10-8-18-11-15-12-19-20-17(15)16-7-6-14(2)22-16/h6-7,12-13,18H,3-5,8-11H2,1-2H3,(H,19,20). The van der Waals surface area contributed by atoms with Gasteiger partial charge in [-0.2, -0.15) is 5.10 Å². The number of furan rings is 1. The van der Waals surface area contributed by atoms with Gasteiger partial charge < -0.3 is 9.73 Å². The fourth-order valence-electron chi connectivity index (χ4n) is 3.16. The van der Waals surface area contributed by atoms with E-state index in [0.717, 1.165) is 48.5 Å². The molecule has 0 radical (unpaired) electrons. The molecular formula is C17H26N4O. The quantitative estimate of drug-likeness (QED) is 0.806. The average molecular weight is 302 g/mol. The van der Waals surface area contributed by atoms with Gasteiger partial charge in [-0.1, -0.05) is 6.42 Å². The summed E-state index contributed by atoms with van der Waals surface area (Å²) in [7, 11) is 0. The first-order valence-corrected chi connectivity index (χ1v) is 8.28. The molecule has 120 valence electrons. The van der Waals surface area contributed by atoms with E-state index in [2.05, 4.69) is 27.3 Å². The maximum atomic E-state index is 5.68. The number of H-pyrrole nitrogens is 1. The summed E-state index contributed by atoms with van der Waals surface area (Å²) in [5.74, 6) is 1.78. The van der Waals surface area contributed by atoms with Crippen molar-refractivity contribution in [2.24, 2.45) is 0 Å². The number of hydrogen-bond acceptors (Lipinski definition) is 4. The van der Waals surface area contributed by atoms with Crippen molar-refractivity contribution in [3.63, 3.8) is 0 Å². The van der Waals surface area contributed by atoms with Gasteiger partial charge in [0.15, 0.2) is 5.76 Å². The maximum absolute atomic E-state index is 5.68. The van der Waals surface area contributed by atoms with Crippen molar-refractivity contribution in [1.29, 1.82) is 0 Å². The first-order valence-electron chi connectivity index (χ1n) is 8.28. The minimum absolute atomic E-state index is 0.728. The second-order valence-electron chi connectivity index (χ2n) is 6.24. The number of aryl methyl sites for hydroxylation is 1. The zero-order valence-corrected chi connectivity index (χ0v) is 13.6. The molecule has 1 atom stereocenters. The highest BCUT2D eigenvalue weighted by Crippen LogP contribution is 2.23. The van der Waals surface area contributed by atoms with Crippen molar-refractivity contribution >= 4 is 0 Å². The molecule has 0 aliphatic carbocycles. The van der Waals surface area contributed by atoms with Crippen LogP contribution in [0.5, 0.6) is 0 Å². The Bertz CT molecular complexity index is 589. The molecule has 3 rings (SSSR count). The van der Waals surface area contributed by atoms with Gasteiger partial charge in [0.05, 0.1) is 6.20 Å². The zero-order valence-electron chi connectivity index (χ0n) is 13.6. The van der Waals surface area contributed by atoms with Crippen LogP contribution < -0.4 is 5.32 Å². The monoisotopic (exact) mass is 302 g/mol. The van der Waals surface area contributed by atoms with Crippen molar-refractivity contribution in [2.75, 3.05) is 19.6 Å². The van der Waals surface area contributed by atoms with Gasteiger partial charge in [-0.3, -0.25) is 10.00 Å². The topological polar surface area (TPSA) is 57.1 Å². The van der Waals surface area contributed by atoms with Gasteiger partial charge in [-0.15, -0.1) is 0 Å². The summed E-state index contributed by atoms with van der Waals surface area (Å²) in [6, 6.07) is 4.69. The van der Waals surface area contributed by atoms with Crippen LogP contribution in [0.1, 0.15) is 37.5 Å². The predicted molar refractivity (Wildman–Crippen MR) is 87.6 cm³/mol. The lowest BCUT2D eigenvalue weighted by atomic mass is 10.0. The highest BCUT2D eigenvalue weighted by molar-refractivity contribution is 5.56. The first-order chi connectivity index (χ1) is 10.7. The Hall–Kier alpha value is -1.59. The molecule has 2 aromatic rings. The van der Waals surface area contributed by atoms with Crippen molar-refractivity contribution in [2.45, 2.75) is 45.7 Å². The number of aromatic amines is 1. The fourth-order valence-corrected chi connectivity index (χ4v) is 3.16. The van der Waals surface area contributed by atoms with E-state index in [-0.39, 0.29) is 0 Å². The third-order valence-corrected chi connectivity index (χ3v) is 4.54. The number of piperidine rings is 1. The molecule has 5 heteroatoms. The summed E-state index contributed by atoms with van der Waals surface area (Å²) in [5, 5.41) is 10.7. The van der Waals surface area contributed by atoms with Gasteiger partial charge in [0.1, 0.15) is 11.5 Å². The molecule has 1 aliphatic heterocycles. The van der Waals surface area contributed by atoms with Crippen LogP contribution in [0.2, 0.25) is 0 Å². The van der Waals surface area contributed by atoms with Crippen LogP contribution in [0, 0.1) is 6.92 Å². The van der Waals surface area contributed by atoms with Gasteiger partial charge >= 0.3 is 0 Å². The third kappa shape index (κ3) is 3.59. The molecule has 1 aliphatic rings. The van der Waals surface area contributed by atoms with E-state index in [4.69, 9.17) is 4.42 Å². The lowest BCUT2D eigenvalue weighted by molar-refractivity contribution is 0.161. The lowest BCUT2D eigenvalue weighted by Crippen LogP contribution is -2.41. The second kappa shape index (κ2) is 7.11. The molecular weight excluding hydrogens is 276 g/mol. The van der Waals surface area contributed by atoms with Crippen LogP contribution in [0.15, 0.2) is 22.7 Å². The molecule has 1 fully saturated rings. The third-order valence-electron chi connectivity index (χ3n) is 4.54. The fraction of sp³-hybridized carbons (Fsp3) is 0.588. The molecule has 0 aromatic carbocycles. The summed E-state index contributed by atoms with van der Waals surface area (Å²) < 4.78 is 5.68. The summed E-state index contributed by atoms with van der Waals surface area (Å²) in [6.45, 7) is 8.48. The highest BCUT2D eigenvalue weighted by atomic mass is 16.3. The van der Waals surface area contributed by atoms with Crippen LogP contribution in [0.4, 0.5) is 0 Å². The van der Waals surface area contributed by atoms with E-state index in [1.165, 1.54) is 25.8 Å². The smallest absolute Gasteiger partial charge is 0.152 e. The minimum Gasteiger partial charge on any atom is -0.460 e. The molecule has 0 saturated carbocycles. The van der Waals surface area contributed by atoms with E-state index in [1.807, 2.05) is 25.3 Å². The summed E-state index contributed by atoms with van der Waals surface area (Å²) in [6.07, 6.45) is 5.94. The van der Waals surface area contributed by atoms with Crippen molar-refractivity contribution < 1.29 is 4.42 Å². The van der Waals surface area contributed by atoms with Crippen molar-refractivity contribution in [1.82, 2.24) is 20.4 Å². The van der Waals surface area contributed by atoms with Crippen LogP contribution in [-0.4, -0.2) is 40.8 Å². The van der Waals surface area contributed by atoms with Gasteiger partial charge in [0.2, 0.25) is 0 Å². The van der Waals surface area contributed by atoms with Crippen LogP contribution in [0.25, 0.3) is 11.5 Å². The van der Waals surface area contributed by atoms with E-state index in [9.17, 15) is 0 Å². The molecule has 0 bridgehead atoms. The Balaban J connectivity index is 1.49. The first kappa shape index (κ1) is 15.3. The number of aromatic nitrogens is 2. The Morgan fingerprint density at radius 2 is 2.32 bits per heavy atom. The van der Waals surface area contributed by atoms with Gasteiger partial charge in [-0.25, -0.2) is 0 Å². The number of hydrogen-bond donors (Lipinski definition) is 2. The lowest BCUT2D eigenvalue weighted by Gasteiger charge is -2.33. The number of nitrogens with zero attached hydrogens (tertiary/aromatic N) is 2. The van der Waals surface area contributed by atoms with Crippen molar-refractivity contribution in [3.05, 3.63) is 29.7 Å². The van der Waals surface area contributed by atoms with Crippen LogP contribution in [0.3, 0.4) is 0 Å². The van der Waals surface area contributed by atoms with E-state index < -0.39 is 0 Å². The Labute approximate surface area is 132 Å². The van der Waals surface area contributed by atoms with Gasteiger partial charge in [0.25, 0.3) is 0 Å². The Morgan fingerprint density at radius 3 is 3.09 bits per heavy atom. The molecule has 2 N–H and O–H groups in total. The summed E-state index contributed by atoms with van der Waals surface area (Å²) in [5.41, 5.74) is 2.13. The van der Waals surface area contributed by atoms with E-state index >= 15 is 0 Å². The predicted octanol–water partition coefficient (Wildman–Crippen LogP) is 2.94. The largest absolute Gasteiger partial charge is 0.460 e. The molecule has 1 unspecified atom stereocenters. The van der Waals surface area contributed by atoms with Crippen LogP contribution in [-0.2, 0) is 6.54 Å². The Morgan fingerprint density at radius 1 is 1.41 bits per heavy atom. The molecule has 2 aromatic heterocycles. The van der Waals surface area contributed by atoms with Gasteiger partial charge in [-0.05, 0) is 45.4 Å². The maximum Gasteiger partial charge on any atom is 0.152 e. The second-order valence-corrected chi connectivity index (χ2v) is 6.24. The number of nitrogens with one attached hydrogen (secondary N) is 2. The molecule has 0 spiro atoms. The normalized spacial score (nSPS) is 19.6. The van der Waals surface area contributed by atoms with Gasteiger partial charge in [0, 0.05) is 31.2 Å². The SMILES string of the molecule is Cc1ccc(-c2[nH]ncc2CNCCN2CCCCC2C)o1. The molecule has 1 saturated heterocycles. The summed E-state index contributed by atoms with van der Waals surface area (Å²) >= 11 is 0. The highest BCUT2D eigenvalue weighted by Gasteiger charge is 2.17. The molecule has 0 amide bonds. The molecule has 22 heavy (non-hydrogen) atoms. The number of likely N-dealkylation sites (tertiary alicyclic amines) is 1. The van der Waals surface area contributed by atoms with Crippen LogP contribution >= 0.6 is 0 Å². The molecule has 3 heterocycles. The molecule has 5 nitrogen and oxygen atoms in total. The number of rotatable bonds is 6. The summed E-state index contributed by atoms with van der Waals surface area (Å²) in [4.78, 5) is 2.59. The van der Waals surface area contributed by atoms with Crippen molar-refractivity contribution in [3.8, 4) is 11.5 Å². The minimum atomic E-state index is 0.728. The average Bonchev–Trinajstić information content (AvgIpc) is 3.14. The zero-order chi connectivity index (χ0) is 15.4. The Kier molecular flexibility index (Phi) is 4.95. The van der Waals surface area contributed by atoms with E-state index in [1.54, 1.807) is 0 Å².